The summed E-state index contributed by atoms with van der Waals surface area (Å²) < 4.78 is 5.53. The summed E-state index contributed by atoms with van der Waals surface area (Å²) in [5.74, 6) is 0.0556. The number of rotatable bonds is 7. The maximum atomic E-state index is 12.2. The monoisotopic (exact) mass is 427 g/mol. The van der Waals surface area contributed by atoms with Crippen molar-refractivity contribution in [3.63, 3.8) is 0 Å². The normalized spacial score (nSPS) is 12.2. The maximum Gasteiger partial charge on any atom is 0.407 e. The lowest BCUT2D eigenvalue weighted by Crippen LogP contribution is -2.26. The second-order valence-corrected chi connectivity index (χ2v) is 7.55. The van der Waals surface area contributed by atoms with E-state index < -0.39 is 12.1 Å². The second kappa shape index (κ2) is 9.83. The van der Waals surface area contributed by atoms with Crippen molar-refractivity contribution < 1.29 is 14.3 Å². The van der Waals surface area contributed by atoms with Crippen LogP contribution >= 0.6 is 0 Å². The molecule has 1 aliphatic rings. The molecule has 0 radical (unpaired) electrons. The molecule has 0 bridgehead atoms. The van der Waals surface area contributed by atoms with E-state index in [1.807, 2.05) is 48.6 Å². The number of carbonyl (C=O) groups excluding carboxylic acids is 2. The average Bonchev–Trinajstić information content (AvgIpc) is 3.12. The van der Waals surface area contributed by atoms with E-state index in [0.717, 1.165) is 5.56 Å². The Morgan fingerprint density at radius 2 is 1.53 bits per heavy atom. The van der Waals surface area contributed by atoms with E-state index in [1.54, 1.807) is 12.1 Å². The average molecular weight is 428 g/mol. The molecular formula is C26H25N3O3. The van der Waals surface area contributed by atoms with Gasteiger partial charge in [-0.1, -0.05) is 72.8 Å². The SMILES string of the molecule is NC(=O)Nc1ccc(C=CCCNC(=O)OCC2c3ccccc3-c3ccccc32)cc1. The molecule has 0 unspecified atom stereocenters. The van der Waals surface area contributed by atoms with Crippen molar-refractivity contribution in [1.82, 2.24) is 5.32 Å². The Hall–Kier alpha value is -4.06. The van der Waals surface area contributed by atoms with Crippen LogP contribution in [0.2, 0.25) is 0 Å². The molecule has 0 heterocycles. The van der Waals surface area contributed by atoms with Gasteiger partial charge in [0.05, 0.1) is 0 Å². The molecule has 0 saturated carbocycles. The standard InChI is InChI=1S/C26H25N3O3/c27-25(30)29-19-14-12-18(13-15-19)7-5-6-16-28-26(31)32-17-24-22-10-3-1-8-20(22)21-9-2-4-11-23(21)24/h1-5,7-15,24H,6,16-17H2,(H,28,31)(H3,27,29,30). The number of nitrogens with one attached hydrogen (secondary N) is 2. The Labute approximate surface area is 187 Å². The first-order chi connectivity index (χ1) is 15.6. The summed E-state index contributed by atoms with van der Waals surface area (Å²) in [6.45, 7) is 0.788. The summed E-state index contributed by atoms with van der Waals surface area (Å²) in [5.41, 5.74) is 11.5. The molecule has 4 N–H and O–H groups in total. The van der Waals surface area contributed by atoms with Gasteiger partial charge in [-0.15, -0.1) is 0 Å². The zero-order chi connectivity index (χ0) is 22.3. The highest BCUT2D eigenvalue weighted by molar-refractivity contribution is 5.87. The van der Waals surface area contributed by atoms with Crippen LogP contribution in [-0.2, 0) is 4.74 Å². The van der Waals surface area contributed by atoms with Gasteiger partial charge >= 0.3 is 12.1 Å². The number of benzene rings is 3. The minimum absolute atomic E-state index is 0.0556. The van der Waals surface area contributed by atoms with Crippen molar-refractivity contribution in [2.75, 3.05) is 18.5 Å². The molecule has 0 aliphatic heterocycles. The quantitative estimate of drug-likeness (QED) is 0.457. The number of hydrogen-bond donors (Lipinski definition) is 3. The molecule has 0 saturated heterocycles. The number of nitrogens with two attached hydrogens (primary N) is 1. The minimum Gasteiger partial charge on any atom is -0.449 e. The van der Waals surface area contributed by atoms with Gasteiger partial charge in [0.15, 0.2) is 0 Å². The maximum absolute atomic E-state index is 12.2. The molecule has 1 aliphatic carbocycles. The minimum atomic E-state index is -0.590. The van der Waals surface area contributed by atoms with E-state index in [1.165, 1.54) is 22.3 Å². The van der Waals surface area contributed by atoms with E-state index in [4.69, 9.17) is 10.5 Å². The predicted octanol–water partition coefficient (Wildman–Crippen LogP) is 5.12. The van der Waals surface area contributed by atoms with E-state index >= 15 is 0 Å². The lowest BCUT2D eigenvalue weighted by molar-refractivity contribution is 0.143. The number of fused-ring (bicyclic) bond motifs is 3. The van der Waals surface area contributed by atoms with Crippen LogP contribution in [0.1, 0.15) is 29.0 Å². The Balaban J connectivity index is 1.23. The number of alkyl carbamates (subject to hydrolysis) is 1. The molecule has 6 nitrogen and oxygen atoms in total. The Morgan fingerprint density at radius 3 is 2.16 bits per heavy atom. The fourth-order valence-corrected chi connectivity index (χ4v) is 3.95. The van der Waals surface area contributed by atoms with E-state index in [2.05, 4.69) is 34.9 Å². The second-order valence-electron chi connectivity index (χ2n) is 7.55. The molecule has 32 heavy (non-hydrogen) atoms. The molecular weight excluding hydrogens is 402 g/mol. The molecule has 162 valence electrons. The largest absolute Gasteiger partial charge is 0.449 e. The van der Waals surface area contributed by atoms with Gasteiger partial charge in [-0.2, -0.15) is 0 Å². The van der Waals surface area contributed by atoms with Crippen LogP contribution in [0.25, 0.3) is 17.2 Å². The molecule has 0 aromatic heterocycles. The van der Waals surface area contributed by atoms with Gasteiger partial charge in [-0.3, -0.25) is 0 Å². The molecule has 6 heteroatoms. The number of hydrogen-bond acceptors (Lipinski definition) is 3. The van der Waals surface area contributed by atoms with Crippen molar-refractivity contribution >= 4 is 23.9 Å². The van der Waals surface area contributed by atoms with Gasteiger partial charge in [0, 0.05) is 18.2 Å². The van der Waals surface area contributed by atoms with E-state index in [0.29, 0.717) is 25.3 Å². The van der Waals surface area contributed by atoms with Crippen LogP contribution in [-0.4, -0.2) is 25.3 Å². The van der Waals surface area contributed by atoms with Crippen LogP contribution in [0.15, 0.2) is 78.9 Å². The summed E-state index contributed by atoms with van der Waals surface area (Å²) in [6, 6.07) is 23.2. The van der Waals surface area contributed by atoms with Crippen molar-refractivity contribution in [2.45, 2.75) is 12.3 Å². The number of urea groups is 1. The Morgan fingerprint density at radius 1 is 0.906 bits per heavy atom. The molecule has 0 spiro atoms. The van der Waals surface area contributed by atoms with Gasteiger partial charge in [-0.05, 0) is 46.4 Å². The van der Waals surface area contributed by atoms with E-state index in [9.17, 15) is 9.59 Å². The zero-order valence-electron chi connectivity index (χ0n) is 17.6. The fourth-order valence-electron chi connectivity index (χ4n) is 3.95. The van der Waals surface area contributed by atoms with Crippen LogP contribution in [0, 0.1) is 0 Å². The Bertz CT molecular complexity index is 1090. The smallest absolute Gasteiger partial charge is 0.407 e. The number of anilines is 1. The summed E-state index contributed by atoms with van der Waals surface area (Å²) in [4.78, 5) is 23.0. The first kappa shape index (κ1) is 21.2. The number of carbonyl (C=O) groups is 2. The van der Waals surface area contributed by atoms with Gasteiger partial charge < -0.3 is 21.1 Å². The first-order valence-electron chi connectivity index (χ1n) is 10.5. The summed E-state index contributed by atoms with van der Waals surface area (Å²) in [7, 11) is 0. The molecule has 4 rings (SSSR count). The van der Waals surface area contributed by atoms with Gasteiger partial charge in [-0.25, -0.2) is 9.59 Å². The van der Waals surface area contributed by atoms with Gasteiger partial charge in [0.1, 0.15) is 6.61 Å². The summed E-state index contributed by atoms with van der Waals surface area (Å²) >= 11 is 0. The Kier molecular flexibility index (Phi) is 6.51. The zero-order valence-corrected chi connectivity index (χ0v) is 17.6. The highest BCUT2D eigenvalue weighted by Gasteiger charge is 2.28. The summed E-state index contributed by atoms with van der Waals surface area (Å²) in [5, 5.41) is 5.32. The molecule has 3 aromatic rings. The lowest BCUT2D eigenvalue weighted by Gasteiger charge is -2.14. The van der Waals surface area contributed by atoms with Crippen LogP contribution in [0.4, 0.5) is 15.3 Å². The molecule has 0 atom stereocenters. The van der Waals surface area contributed by atoms with Gasteiger partial charge in [0.2, 0.25) is 0 Å². The fraction of sp³-hybridized carbons (Fsp3) is 0.154. The first-order valence-corrected chi connectivity index (χ1v) is 10.5. The molecule has 3 amide bonds. The third-order valence-electron chi connectivity index (χ3n) is 5.41. The summed E-state index contributed by atoms with van der Waals surface area (Å²) in [6.07, 6.45) is 4.18. The molecule has 0 fully saturated rings. The third-order valence-corrected chi connectivity index (χ3v) is 5.41. The van der Waals surface area contributed by atoms with Crippen molar-refractivity contribution in [3.05, 3.63) is 95.6 Å². The molecule has 3 aromatic carbocycles. The van der Waals surface area contributed by atoms with Crippen molar-refractivity contribution in [1.29, 1.82) is 0 Å². The van der Waals surface area contributed by atoms with Crippen LogP contribution in [0.5, 0.6) is 0 Å². The van der Waals surface area contributed by atoms with Crippen molar-refractivity contribution in [3.8, 4) is 11.1 Å². The third kappa shape index (κ3) is 4.98. The van der Waals surface area contributed by atoms with Crippen LogP contribution in [0.3, 0.4) is 0 Å². The highest BCUT2D eigenvalue weighted by atomic mass is 16.5. The number of ether oxygens (including phenoxy) is 1. The van der Waals surface area contributed by atoms with Gasteiger partial charge in [0.25, 0.3) is 0 Å². The highest BCUT2D eigenvalue weighted by Crippen LogP contribution is 2.44. The van der Waals surface area contributed by atoms with Crippen LogP contribution < -0.4 is 16.4 Å². The number of primary amides is 1. The van der Waals surface area contributed by atoms with E-state index in [-0.39, 0.29) is 5.92 Å². The topological polar surface area (TPSA) is 93.5 Å². The predicted molar refractivity (Wildman–Crippen MR) is 126 cm³/mol. The van der Waals surface area contributed by atoms with Crippen molar-refractivity contribution in [2.24, 2.45) is 5.73 Å². The lowest BCUT2D eigenvalue weighted by atomic mass is 9.98. The number of amides is 3.